The Morgan fingerprint density at radius 2 is 1.86 bits per heavy atom. The van der Waals surface area contributed by atoms with Gasteiger partial charge in [0.15, 0.2) is 5.65 Å². The highest BCUT2D eigenvalue weighted by Gasteiger charge is 2.28. The van der Waals surface area contributed by atoms with Gasteiger partial charge in [-0.25, -0.2) is 15.0 Å². The molecule has 2 fully saturated rings. The molecule has 0 spiro atoms. The maximum Gasteiger partial charge on any atom is 0.308 e. The number of morpholine rings is 1. The predicted octanol–water partition coefficient (Wildman–Crippen LogP) is 2.91. The summed E-state index contributed by atoms with van der Waals surface area (Å²) in [7, 11) is 0. The molecular weight excluding hydrogens is 460 g/mol. The normalized spacial score (nSPS) is 18.1. The molecular formula is C25H26N8O3. The van der Waals surface area contributed by atoms with Gasteiger partial charge in [-0.05, 0) is 42.8 Å². The molecule has 5 heterocycles. The zero-order chi connectivity index (χ0) is 24.5. The molecule has 1 unspecified atom stereocenters. The van der Waals surface area contributed by atoms with E-state index in [1.54, 1.807) is 12.5 Å². The molecule has 0 aliphatic carbocycles. The molecule has 11 heteroatoms. The Labute approximate surface area is 207 Å². The van der Waals surface area contributed by atoms with Crippen molar-refractivity contribution < 1.29 is 14.6 Å². The van der Waals surface area contributed by atoms with Crippen LogP contribution in [0.2, 0.25) is 0 Å². The van der Waals surface area contributed by atoms with Crippen LogP contribution in [0.3, 0.4) is 0 Å². The quantitative estimate of drug-likeness (QED) is 0.374. The first-order chi connectivity index (χ1) is 17.6. The van der Waals surface area contributed by atoms with Gasteiger partial charge in [0.1, 0.15) is 17.0 Å². The van der Waals surface area contributed by atoms with E-state index >= 15 is 0 Å². The highest BCUT2D eigenvalue weighted by Crippen LogP contribution is 2.29. The monoisotopic (exact) mass is 486 g/mol. The third-order valence-electron chi connectivity index (χ3n) is 6.67. The van der Waals surface area contributed by atoms with Gasteiger partial charge >= 0.3 is 5.97 Å². The summed E-state index contributed by atoms with van der Waals surface area (Å²) in [5.74, 6) is 0.0924. The van der Waals surface area contributed by atoms with Crippen molar-refractivity contribution in [3.63, 3.8) is 0 Å². The fourth-order valence-corrected chi connectivity index (χ4v) is 4.69. The molecule has 2 aliphatic rings. The molecule has 0 bridgehead atoms. The highest BCUT2D eigenvalue weighted by atomic mass is 16.5. The first-order valence-corrected chi connectivity index (χ1v) is 12.0. The Morgan fingerprint density at radius 3 is 2.58 bits per heavy atom. The van der Waals surface area contributed by atoms with Crippen LogP contribution in [0.4, 0.5) is 23.1 Å². The summed E-state index contributed by atoms with van der Waals surface area (Å²) in [6.45, 7) is 4.42. The number of aromatic amines is 1. The molecule has 11 nitrogen and oxygen atoms in total. The average Bonchev–Trinajstić information content (AvgIpc) is 3.60. The van der Waals surface area contributed by atoms with Gasteiger partial charge in [0.05, 0.1) is 25.5 Å². The summed E-state index contributed by atoms with van der Waals surface area (Å²) in [5, 5.41) is 12.6. The van der Waals surface area contributed by atoms with E-state index < -0.39 is 5.97 Å². The van der Waals surface area contributed by atoms with E-state index in [2.05, 4.69) is 42.3 Å². The maximum atomic E-state index is 11.3. The number of fused-ring (bicyclic) bond motifs is 1. The van der Waals surface area contributed by atoms with Crippen molar-refractivity contribution in [1.29, 1.82) is 0 Å². The number of nitrogens with zero attached hydrogens (tertiary/aromatic N) is 6. The molecule has 3 N–H and O–H groups in total. The zero-order valence-electron chi connectivity index (χ0n) is 19.6. The Kier molecular flexibility index (Phi) is 5.82. The molecule has 0 amide bonds. The van der Waals surface area contributed by atoms with Gasteiger partial charge < -0.3 is 29.9 Å². The number of rotatable bonds is 6. The van der Waals surface area contributed by atoms with Gasteiger partial charge in [0.25, 0.3) is 0 Å². The van der Waals surface area contributed by atoms with Crippen LogP contribution < -0.4 is 15.1 Å². The lowest BCUT2D eigenvalue weighted by Crippen LogP contribution is -2.36. The van der Waals surface area contributed by atoms with E-state index in [0.717, 1.165) is 54.6 Å². The molecule has 1 aromatic carbocycles. The summed E-state index contributed by atoms with van der Waals surface area (Å²) in [6, 6.07) is 12.0. The highest BCUT2D eigenvalue weighted by molar-refractivity contribution is 5.88. The lowest BCUT2D eigenvalue weighted by molar-refractivity contribution is -0.140. The number of carboxylic acid groups (broad SMARTS) is 1. The van der Waals surface area contributed by atoms with E-state index in [-0.39, 0.29) is 5.92 Å². The number of anilines is 4. The molecule has 36 heavy (non-hydrogen) atoms. The Balaban J connectivity index is 1.23. The molecule has 0 saturated carbocycles. The molecule has 2 saturated heterocycles. The van der Waals surface area contributed by atoms with Crippen molar-refractivity contribution in [3.8, 4) is 11.3 Å². The number of carbonyl (C=O) groups is 1. The van der Waals surface area contributed by atoms with Crippen LogP contribution in [0.1, 0.15) is 6.42 Å². The maximum absolute atomic E-state index is 11.3. The van der Waals surface area contributed by atoms with E-state index in [1.165, 1.54) is 0 Å². The largest absolute Gasteiger partial charge is 0.481 e. The van der Waals surface area contributed by atoms with Gasteiger partial charge in [-0.3, -0.25) is 4.79 Å². The van der Waals surface area contributed by atoms with Crippen LogP contribution in [0.5, 0.6) is 0 Å². The Morgan fingerprint density at radius 1 is 1.03 bits per heavy atom. The molecule has 184 valence electrons. The SMILES string of the molecule is O=C(O)C1CCN(c2ccc(-c3nc(Nc4ccc(N5CCOCC5)cc4)nc4nc[nH]c34)cn2)C1. The fraction of sp³-hybridized carbons (Fsp3) is 0.320. The van der Waals surface area contributed by atoms with Crippen LogP contribution in [0.15, 0.2) is 48.9 Å². The van der Waals surface area contributed by atoms with Crippen molar-refractivity contribution in [3.05, 3.63) is 48.9 Å². The molecule has 4 aromatic rings. The molecule has 2 aliphatic heterocycles. The number of carboxylic acids is 1. The lowest BCUT2D eigenvalue weighted by atomic mass is 10.1. The van der Waals surface area contributed by atoms with Crippen molar-refractivity contribution in [1.82, 2.24) is 24.9 Å². The van der Waals surface area contributed by atoms with E-state index in [9.17, 15) is 9.90 Å². The van der Waals surface area contributed by atoms with Crippen molar-refractivity contribution >= 4 is 40.3 Å². The van der Waals surface area contributed by atoms with Crippen LogP contribution in [0.25, 0.3) is 22.4 Å². The number of aromatic nitrogens is 5. The third kappa shape index (κ3) is 4.40. The predicted molar refractivity (Wildman–Crippen MR) is 136 cm³/mol. The van der Waals surface area contributed by atoms with Crippen molar-refractivity contribution in [2.24, 2.45) is 5.92 Å². The van der Waals surface area contributed by atoms with Gasteiger partial charge in [0, 0.05) is 49.3 Å². The summed E-state index contributed by atoms with van der Waals surface area (Å²) in [5.41, 5.74) is 4.82. The summed E-state index contributed by atoms with van der Waals surface area (Å²) < 4.78 is 5.44. The standard InChI is InChI=1S/C25H26N8O3/c34-24(35)17-7-8-33(14-17)20-6-1-16(13-26-20)21-22-23(28-15-27-22)31-25(30-21)29-18-2-4-19(5-3-18)32-9-11-36-12-10-32/h1-6,13,15,17H,7-12,14H2,(H,34,35)(H2,27,28,29,30,31). The molecule has 0 radical (unpaired) electrons. The Hall–Kier alpha value is -4.25. The summed E-state index contributed by atoms with van der Waals surface area (Å²) in [4.78, 5) is 37.0. The van der Waals surface area contributed by atoms with E-state index in [1.807, 2.05) is 29.2 Å². The Bertz CT molecular complexity index is 1370. The number of hydrogen-bond donors (Lipinski definition) is 3. The van der Waals surface area contributed by atoms with Gasteiger partial charge in [-0.1, -0.05) is 0 Å². The van der Waals surface area contributed by atoms with Crippen molar-refractivity contribution in [2.75, 3.05) is 54.5 Å². The van der Waals surface area contributed by atoms with Gasteiger partial charge in [-0.15, -0.1) is 0 Å². The third-order valence-corrected chi connectivity index (χ3v) is 6.67. The van der Waals surface area contributed by atoms with Crippen LogP contribution in [-0.4, -0.2) is 75.4 Å². The fourth-order valence-electron chi connectivity index (χ4n) is 4.69. The topological polar surface area (TPSA) is 132 Å². The van der Waals surface area contributed by atoms with E-state index in [0.29, 0.717) is 36.8 Å². The first kappa shape index (κ1) is 22.2. The summed E-state index contributed by atoms with van der Waals surface area (Å²) in [6.07, 6.45) is 3.98. The van der Waals surface area contributed by atoms with Gasteiger partial charge in [0.2, 0.25) is 5.95 Å². The van der Waals surface area contributed by atoms with Crippen LogP contribution in [-0.2, 0) is 9.53 Å². The molecule has 1 atom stereocenters. The minimum Gasteiger partial charge on any atom is -0.481 e. The number of benzene rings is 1. The number of imidazole rings is 1. The number of ether oxygens (including phenoxy) is 1. The number of hydrogen-bond acceptors (Lipinski definition) is 9. The minimum atomic E-state index is -0.757. The smallest absolute Gasteiger partial charge is 0.308 e. The number of pyridine rings is 1. The lowest BCUT2D eigenvalue weighted by Gasteiger charge is -2.28. The number of aliphatic carboxylic acids is 1. The first-order valence-electron chi connectivity index (χ1n) is 12.0. The minimum absolute atomic E-state index is 0.352. The number of H-pyrrole nitrogens is 1. The second-order valence-corrected chi connectivity index (χ2v) is 8.94. The number of nitrogens with one attached hydrogen (secondary N) is 2. The summed E-state index contributed by atoms with van der Waals surface area (Å²) >= 11 is 0. The van der Waals surface area contributed by atoms with Crippen LogP contribution >= 0.6 is 0 Å². The van der Waals surface area contributed by atoms with E-state index in [4.69, 9.17) is 9.72 Å². The van der Waals surface area contributed by atoms with Gasteiger partial charge in [-0.2, -0.15) is 4.98 Å². The van der Waals surface area contributed by atoms with Crippen LogP contribution in [0, 0.1) is 5.92 Å². The second-order valence-electron chi connectivity index (χ2n) is 8.94. The molecule has 3 aromatic heterocycles. The molecule has 6 rings (SSSR count). The second kappa shape index (κ2) is 9.42. The zero-order valence-corrected chi connectivity index (χ0v) is 19.6. The average molecular weight is 487 g/mol. The van der Waals surface area contributed by atoms with Crippen molar-refractivity contribution in [2.45, 2.75) is 6.42 Å².